The Kier molecular flexibility index (Phi) is 3.46. The van der Waals surface area contributed by atoms with Crippen molar-refractivity contribution in [2.24, 2.45) is 5.92 Å². The van der Waals surface area contributed by atoms with Crippen molar-refractivity contribution >= 4 is 11.9 Å². The van der Waals surface area contributed by atoms with Crippen LogP contribution in [0.3, 0.4) is 0 Å². The molecule has 1 saturated heterocycles. The van der Waals surface area contributed by atoms with E-state index >= 15 is 0 Å². The highest BCUT2D eigenvalue weighted by Gasteiger charge is 2.29. The Morgan fingerprint density at radius 3 is 2.57 bits per heavy atom. The molecule has 0 aromatic rings. The molecular formula is C9H16N2O3. The minimum absolute atomic E-state index is 0.0349. The van der Waals surface area contributed by atoms with Crippen LogP contribution in [-0.2, 0) is 9.59 Å². The molecule has 5 heteroatoms. The summed E-state index contributed by atoms with van der Waals surface area (Å²) in [5.41, 5.74) is 0. The van der Waals surface area contributed by atoms with Crippen LogP contribution in [0.4, 0.5) is 0 Å². The molecule has 0 spiro atoms. The first-order valence-electron chi connectivity index (χ1n) is 4.67. The zero-order chi connectivity index (χ0) is 10.7. The van der Waals surface area contributed by atoms with E-state index in [1.54, 1.807) is 0 Å². The summed E-state index contributed by atoms with van der Waals surface area (Å²) in [7, 11) is 1.86. The number of hydrogen-bond donors (Lipinski definition) is 2. The normalized spacial score (nSPS) is 28.4. The summed E-state index contributed by atoms with van der Waals surface area (Å²) in [5, 5.41) is 11.6. The first-order valence-corrected chi connectivity index (χ1v) is 4.67. The van der Waals surface area contributed by atoms with Crippen LogP contribution in [0.25, 0.3) is 0 Å². The van der Waals surface area contributed by atoms with Crippen LogP contribution in [0.2, 0.25) is 0 Å². The van der Waals surface area contributed by atoms with Crippen molar-refractivity contribution in [2.75, 3.05) is 20.1 Å². The lowest BCUT2D eigenvalue weighted by Gasteiger charge is -2.33. The number of carbonyl (C=O) groups is 2. The molecule has 0 aliphatic carbocycles. The maximum absolute atomic E-state index is 10.8. The Bertz CT molecular complexity index is 242. The van der Waals surface area contributed by atoms with Crippen molar-refractivity contribution in [2.45, 2.75) is 19.4 Å². The number of carboxylic acids is 1. The summed E-state index contributed by atoms with van der Waals surface area (Å²) in [6, 6.07) is -0.0349. The molecule has 2 atom stereocenters. The number of carbonyl (C=O) groups excluding carboxylic acids is 1. The number of piperidine rings is 1. The molecule has 0 saturated carbocycles. The van der Waals surface area contributed by atoms with E-state index in [2.05, 4.69) is 5.32 Å². The molecule has 2 unspecified atom stereocenters. The Labute approximate surface area is 83.1 Å². The second-order valence-electron chi connectivity index (χ2n) is 3.89. The van der Waals surface area contributed by atoms with Crippen LogP contribution in [0, 0.1) is 5.92 Å². The van der Waals surface area contributed by atoms with Crippen LogP contribution in [0.5, 0.6) is 0 Å². The topological polar surface area (TPSA) is 69.6 Å². The molecule has 80 valence electrons. The highest BCUT2D eigenvalue weighted by Crippen LogP contribution is 2.15. The van der Waals surface area contributed by atoms with Gasteiger partial charge in [0.25, 0.3) is 0 Å². The zero-order valence-corrected chi connectivity index (χ0v) is 8.49. The minimum atomic E-state index is -0.785. The third-order valence-corrected chi connectivity index (χ3v) is 2.39. The number of carboxylic acid groups (broad SMARTS) is 1. The Hall–Kier alpha value is -1.10. The Balaban J connectivity index is 2.53. The van der Waals surface area contributed by atoms with E-state index in [1.807, 2.05) is 11.9 Å². The van der Waals surface area contributed by atoms with Crippen LogP contribution < -0.4 is 5.32 Å². The van der Waals surface area contributed by atoms with Gasteiger partial charge in [-0.1, -0.05) is 0 Å². The highest BCUT2D eigenvalue weighted by atomic mass is 16.4. The van der Waals surface area contributed by atoms with Gasteiger partial charge in [0.2, 0.25) is 5.91 Å². The lowest BCUT2D eigenvalue weighted by molar-refractivity contribution is -0.144. The van der Waals surface area contributed by atoms with Gasteiger partial charge in [-0.15, -0.1) is 0 Å². The van der Waals surface area contributed by atoms with Gasteiger partial charge in [-0.3, -0.25) is 9.59 Å². The van der Waals surface area contributed by atoms with Crippen molar-refractivity contribution in [1.82, 2.24) is 10.2 Å². The fraction of sp³-hybridized carbons (Fsp3) is 0.778. The van der Waals surface area contributed by atoms with Crippen molar-refractivity contribution in [3.8, 4) is 0 Å². The Morgan fingerprint density at radius 1 is 1.43 bits per heavy atom. The first-order chi connectivity index (χ1) is 6.49. The van der Waals surface area contributed by atoms with Gasteiger partial charge in [-0.05, 0) is 13.5 Å². The van der Waals surface area contributed by atoms with E-state index in [-0.39, 0.29) is 17.9 Å². The van der Waals surface area contributed by atoms with E-state index in [1.165, 1.54) is 6.92 Å². The van der Waals surface area contributed by atoms with E-state index in [9.17, 15) is 9.59 Å². The van der Waals surface area contributed by atoms with Gasteiger partial charge in [-0.2, -0.15) is 0 Å². The molecule has 1 rings (SSSR count). The number of hydrogen-bond acceptors (Lipinski definition) is 3. The van der Waals surface area contributed by atoms with Crippen LogP contribution in [0.1, 0.15) is 13.3 Å². The highest BCUT2D eigenvalue weighted by molar-refractivity contribution is 5.74. The summed E-state index contributed by atoms with van der Waals surface area (Å²) in [6.07, 6.45) is 0.527. The molecule has 2 N–H and O–H groups in total. The molecule has 1 aliphatic rings. The van der Waals surface area contributed by atoms with Crippen molar-refractivity contribution in [3.05, 3.63) is 0 Å². The van der Waals surface area contributed by atoms with Crippen LogP contribution in [0.15, 0.2) is 0 Å². The monoisotopic (exact) mass is 200 g/mol. The minimum Gasteiger partial charge on any atom is -0.481 e. The van der Waals surface area contributed by atoms with Gasteiger partial charge in [0.05, 0.1) is 5.92 Å². The van der Waals surface area contributed by atoms with Gasteiger partial charge < -0.3 is 15.3 Å². The van der Waals surface area contributed by atoms with Crippen molar-refractivity contribution in [1.29, 1.82) is 0 Å². The average Bonchev–Trinajstić information content (AvgIpc) is 2.01. The molecule has 1 fully saturated rings. The molecule has 1 aliphatic heterocycles. The smallest absolute Gasteiger partial charge is 0.307 e. The summed E-state index contributed by atoms with van der Waals surface area (Å²) in [5.74, 6) is -1.26. The third kappa shape index (κ3) is 2.99. The predicted molar refractivity (Wildman–Crippen MR) is 50.8 cm³/mol. The second-order valence-corrected chi connectivity index (χ2v) is 3.89. The lowest BCUT2D eigenvalue weighted by Crippen LogP contribution is -2.50. The number of likely N-dealkylation sites (N-methyl/N-ethyl adjacent to an activating group) is 1. The molecule has 0 bridgehead atoms. The zero-order valence-electron chi connectivity index (χ0n) is 8.49. The molecule has 0 radical (unpaired) electrons. The van der Waals surface area contributed by atoms with E-state index in [0.29, 0.717) is 13.0 Å². The summed E-state index contributed by atoms with van der Waals surface area (Å²) in [4.78, 5) is 23.5. The summed E-state index contributed by atoms with van der Waals surface area (Å²) < 4.78 is 0. The van der Waals surface area contributed by atoms with Crippen molar-refractivity contribution < 1.29 is 14.7 Å². The van der Waals surface area contributed by atoms with Crippen LogP contribution in [-0.4, -0.2) is 48.1 Å². The molecule has 0 aromatic heterocycles. The van der Waals surface area contributed by atoms with Gasteiger partial charge >= 0.3 is 5.97 Å². The second kappa shape index (κ2) is 4.41. The summed E-state index contributed by atoms with van der Waals surface area (Å²) in [6.45, 7) is 2.74. The molecule has 5 nitrogen and oxygen atoms in total. The molecular weight excluding hydrogens is 184 g/mol. The maximum Gasteiger partial charge on any atom is 0.307 e. The number of nitrogens with one attached hydrogen (secondary N) is 1. The lowest BCUT2D eigenvalue weighted by atomic mass is 9.95. The fourth-order valence-corrected chi connectivity index (χ4v) is 1.89. The number of aliphatic carboxylic acids is 1. The van der Waals surface area contributed by atoms with Crippen molar-refractivity contribution in [3.63, 3.8) is 0 Å². The largest absolute Gasteiger partial charge is 0.481 e. The summed E-state index contributed by atoms with van der Waals surface area (Å²) >= 11 is 0. The molecule has 1 heterocycles. The number of rotatable bonds is 2. The van der Waals surface area contributed by atoms with E-state index in [0.717, 1.165) is 6.54 Å². The maximum atomic E-state index is 10.8. The van der Waals surface area contributed by atoms with Crippen LogP contribution >= 0.6 is 0 Å². The standard InChI is InChI=1S/C9H16N2O3/c1-6(12)10-8-3-7(9(13)14)4-11(2)5-8/h7-8H,3-5H2,1-2H3,(H,10,12)(H,13,14). The number of likely N-dealkylation sites (tertiary alicyclic amines) is 1. The van der Waals surface area contributed by atoms with Gasteiger partial charge in [0.1, 0.15) is 0 Å². The quantitative estimate of drug-likeness (QED) is 0.632. The third-order valence-electron chi connectivity index (χ3n) is 2.39. The molecule has 1 amide bonds. The van der Waals surface area contributed by atoms with Gasteiger partial charge in [0.15, 0.2) is 0 Å². The average molecular weight is 200 g/mol. The molecule has 0 aromatic carbocycles. The first kappa shape index (κ1) is 11.0. The predicted octanol–water partition coefficient (Wildman–Crippen LogP) is -0.473. The van der Waals surface area contributed by atoms with E-state index in [4.69, 9.17) is 5.11 Å². The number of nitrogens with zero attached hydrogens (tertiary/aromatic N) is 1. The molecule has 14 heavy (non-hydrogen) atoms. The fourth-order valence-electron chi connectivity index (χ4n) is 1.89. The van der Waals surface area contributed by atoms with E-state index < -0.39 is 5.97 Å². The van der Waals surface area contributed by atoms with Gasteiger partial charge in [-0.25, -0.2) is 0 Å². The number of amides is 1. The SMILES string of the molecule is CC(=O)NC1CC(C(=O)O)CN(C)C1. The Morgan fingerprint density at radius 2 is 2.07 bits per heavy atom. The van der Waals surface area contributed by atoms with Gasteiger partial charge in [0, 0.05) is 26.1 Å².